The zero-order valence-corrected chi connectivity index (χ0v) is 14.5. The second-order valence-corrected chi connectivity index (χ2v) is 6.47. The number of nitrogens with zero attached hydrogens (tertiary/aromatic N) is 1. The first-order chi connectivity index (χ1) is 11.9. The lowest BCUT2D eigenvalue weighted by atomic mass is 9.91. The summed E-state index contributed by atoms with van der Waals surface area (Å²) in [6.45, 7) is 0. The Labute approximate surface area is 149 Å². The lowest BCUT2D eigenvalue weighted by Gasteiger charge is -2.34. The van der Waals surface area contributed by atoms with Gasteiger partial charge in [-0.15, -0.1) is 0 Å². The maximum absolute atomic E-state index is 14.5. The van der Waals surface area contributed by atoms with E-state index in [0.717, 1.165) is 0 Å². The van der Waals surface area contributed by atoms with E-state index >= 15 is 0 Å². The molecule has 1 unspecified atom stereocenters. The number of halogens is 2. The number of esters is 1. The molecule has 2 aliphatic heterocycles. The summed E-state index contributed by atoms with van der Waals surface area (Å²) in [5, 5.41) is -0.0675. The fourth-order valence-electron chi connectivity index (χ4n) is 3.62. The molecule has 0 spiro atoms. The normalized spacial score (nSPS) is 25.6. The van der Waals surface area contributed by atoms with Gasteiger partial charge in [0.25, 0.3) is 0 Å². The van der Waals surface area contributed by atoms with Crippen LogP contribution in [0.2, 0.25) is 5.02 Å². The molecule has 1 aromatic rings. The lowest BCUT2D eigenvalue weighted by molar-refractivity contribution is -0.150. The standard InChI is InChI=1S/C17H18ClFN2O4/c1-24-13-7-12(17(23)25-2)21-11(13)5-8(6-14(21)22)15-10(20)4-3-9(18)16(15)19/h3-4,6,11-13H,5,7,20H2,1-2H3/t11?,12-,13+/m0/s1. The van der Waals surface area contributed by atoms with Crippen molar-refractivity contribution in [3.8, 4) is 0 Å². The van der Waals surface area contributed by atoms with Crippen molar-refractivity contribution in [3.63, 3.8) is 0 Å². The molecule has 2 heterocycles. The molecular formula is C17H18ClFN2O4. The van der Waals surface area contributed by atoms with Gasteiger partial charge in [0.2, 0.25) is 5.91 Å². The topological polar surface area (TPSA) is 81.9 Å². The highest BCUT2D eigenvalue weighted by molar-refractivity contribution is 6.31. The number of benzene rings is 1. The molecule has 3 rings (SSSR count). The summed E-state index contributed by atoms with van der Waals surface area (Å²) in [4.78, 5) is 26.1. The highest BCUT2D eigenvalue weighted by Crippen LogP contribution is 2.40. The number of ether oxygens (including phenoxy) is 2. The van der Waals surface area contributed by atoms with Gasteiger partial charge in [0.15, 0.2) is 5.82 Å². The Kier molecular flexibility index (Phi) is 4.71. The van der Waals surface area contributed by atoms with Crippen molar-refractivity contribution in [1.29, 1.82) is 0 Å². The van der Waals surface area contributed by atoms with E-state index in [-0.39, 0.29) is 22.4 Å². The number of fused-ring (bicyclic) bond motifs is 1. The third-order valence-electron chi connectivity index (χ3n) is 4.78. The van der Waals surface area contributed by atoms with E-state index in [9.17, 15) is 14.0 Å². The summed E-state index contributed by atoms with van der Waals surface area (Å²) in [5.41, 5.74) is 6.66. The van der Waals surface area contributed by atoms with Crippen molar-refractivity contribution in [2.75, 3.05) is 20.0 Å². The maximum Gasteiger partial charge on any atom is 0.328 e. The van der Waals surface area contributed by atoms with Crippen LogP contribution in [0.4, 0.5) is 10.1 Å². The molecule has 25 heavy (non-hydrogen) atoms. The second kappa shape index (κ2) is 6.65. The predicted molar refractivity (Wildman–Crippen MR) is 90.3 cm³/mol. The molecule has 2 aliphatic rings. The van der Waals surface area contributed by atoms with Gasteiger partial charge < -0.3 is 20.1 Å². The zero-order chi connectivity index (χ0) is 18.3. The number of amides is 1. The van der Waals surface area contributed by atoms with Crippen LogP contribution >= 0.6 is 11.6 Å². The van der Waals surface area contributed by atoms with Crippen molar-refractivity contribution < 1.29 is 23.5 Å². The number of anilines is 1. The molecule has 2 N–H and O–H groups in total. The largest absolute Gasteiger partial charge is 0.467 e. The monoisotopic (exact) mass is 368 g/mol. The van der Waals surface area contributed by atoms with E-state index in [1.54, 1.807) is 0 Å². The van der Waals surface area contributed by atoms with Crippen LogP contribution in [-0.2, 0) is 19.1 Å². The molecule has 0 aliphatic carbocycles. The Balaban J connectivity index is 2.03. The number of nitrogens with two attached hydrogens (primary N) is 1. The number of methoxy groups -OCH3 is 2. The molecule has 1 fully saturated rings. The third kappa shape index (κ3) is 2.87. The van der Waals surface area contributed by atoms with E-state index in [4.69, 9.17) is 26.8 Å². The summed E-state index contributed by atoms with van der Waals surface area (Å²) in [6.07, 6.45) is 1.57. The molecule has 0 bridgehead atoms. The van der Waals surface area contributed by atoms with Crippen molar-refractivity contribution in [1.82, 2.24) is 4.90 Å². The fourth-order valence-corrected chi connectivity index (χ4v) is 3.78. The molecule has 3 atom stereocenters. The van der Waals surface area contributed by atoms with E-state index in [1.165, 1.54) is 37.3 Å². The number of rotatable bonds is 3. The maximum atomic E-state index is 14.5. The molecular weight excluding hydrogens is 351 g/mol. The average Bonchev–Trinajstić information content (AvgIpc) is 2.97. The van der Waals surface area contributed by atoms with Crippen LogP contribution in [0.1, 0.15) is 18.4 Å². The zero-order valence-electron chi connectivity index (χ0n) is 13.8. The molecule has 134 valence electrons. The van der Waals surface area contributed by atoms with Crippen molar-refractivity contribution in [2.24, 2.45) is 0 Å². The summed E-state index contributed by atoms with van der Waals surface area (Å²) in [7, 11) is 2.79. The van der Waals surface area contributed by atoms with E-state index in [1.807, 2.05) is 0 Å². The van der Waals surface area contributed by atoms with Crippen LogP contribution in [0, 0.1) is 5.82 Å². The molecule has 6 nitrogen and oxygen atoms in total. The van der Waals surface area contributed by atoms with Crippen LogP contribution in [0.5, 0.6) is 0 Å². The minimum Gasteiger partial charge on any atom is -0.467 e. The minimum absolute atomic E-state index is 0.0675. The Morgan fingerprint density at radius 3 is 2.76 bits per heavy atom. The Hall–Kier alpha value is -2.12. The Morgan fingerprint density at radius 2 is 2.12 bits per heavy atom. The van der Waals surface area contributed by atoms with Crippen LogP contribution in [0.25, 0.3) is 5.57 Å². The summed E-state index contributed by atoms with van der Waals surface area (Å²) in [5.74, 6) is -1.56. The summed E-state index contributed by atoms with van der Waals surface area (Å²) < 4.78 is 24.7. The number of carbonyl (C=O) groups is 2. The number of nitrogen functional groups attached to an aromatic ring is 1. The van der Waals surface area contributed by atoms with Gasteiger partial charge in [0.1, 0.15) is 6.04 Å². The predicted octanol–water partition coefficient (Wildman–Crippen LogP) is 2.01. The van der Waals surface area contributed by atoms with Gasteiger partial charge in [-0.2, -0.15) is 0 Å². The first-order valence-electron chi connectivity index (χ1n) is 7.76. The SMILES string of the molecule is COC(=O)[C@@H]1C[C@@H](OC)C2CC(c3c(N)ccc(Cl)c3F)=CC(=O)N21. The van der Waals surface area contributed by atoms with Crippen LogP contribution in [0.15, 0.2) is 18.2 Å². The second-order valence-electron chi connectivity index (χ2n) is 6.06. The quantitative estimate of drug-likeness (QED) is 0.652. The van der Waals surface area contributed by atoms with Gasteiger partial charge in [-0.3, -0.25) is 4.79 Å². The summed E-state index contributed by atoms with van der Waals surface area (Å²) in [6, 6.07) is 1.75. The van der Waals surface area contributed by atoms with Crippen LogP contribution in [-0.4, -0.2) is 49.2 Å². The van der Waals surface area contributed by atoms with E-state index in [0.29, 0.717) is 18.4 Å². The molecule has 1 aromatic carbocycles. The molecule has 0 radical (unpaired) electrons. The first kappa shape index (κ1) is 17.7. The highest BCUT2D eigenvalue weighted by Gasteiger charge is 2.49. The lowest BCUT2D eigenvalue weighted by Crippen LogP contribution is -2.48. The number of hydrogen-bond acceptors (Lipinski definition) is 5. The molecule has 1 saturated heterocycles. The van der Waals surface area contributed by atoms with Gasteiger partial charge in [-0.25, -0.2) is 9.18 Å². The molecule has 0 aromatic heterocycles. The smallest absolute Gasteiger partial charge is 0.328 e. The first-order valence-corrected chi connectivity index (χ1v) is 8.14. The van der Waals surface area contributed by atoms with E-state index in [2.05, 4.69) is 0 Å². The Bertz CT molecular complexity index is 767. The van der Waals surface area contributed by atoms with Crippen LogP contribution in [0.3, 0.4) is 0 Å². The Morgan fingerprint density at radius 1 is 1.40 bits per heavy atom. The highest BCUT2D eigenvalue weighted by atomic mass is 35.5. The average molecular weight is 369 g/mol. The number of carbonyl (C=O) groups excluding carboxylic acids is 2. The van der Waals surface area contributed by atoms with Crippen LogP contribution < -0.4 is 5.73 Å². The summed E-state index contributed by atoms with van der Waals surface area (Å²) >= 11 is 5.85. The number of hydrogen-bond donors (Lipinski definition) is 1. The molecule has 1 amide bonds. The minimum atomic E-state index is -0.716. The van der Waals surface area contributed by atoms with Gasteiger partial charge in [0, 0.05) is 30.9 Å². The van der Waals surface area contributed by atoms with Gasteiger partial charge in [-0.1, -0.05) is 11.6 Å². The molecule has 8 heteroatoms. The van der Waals surface area contributed by atoms with Gasteiger partial charge in [-0.05, 0) is 24.1 Å². The van der Waals surface area contributed by atoms with E-state index < -0.39 is 29.8 Å². The third-order valence-corrected chi connectivity index (χ3v) is 5.08. The molecule has 0 saturated carbocycles. The van der Waals surface area contributed by atoms with Crippen molar-refractivity contribution in [2.45, 2.75) is 31.0 Å². The fraction of sp³-hybridized carbons (Fsp3) is 0.412. The van der Waals surface area contributed by atoms with Crippen molar-refractivity contribution >= 4 is 34.7 Å². The van der Waals surface area contributed by atoms with Crippen molar-refractivity contribution in [3.05, 3.63) is 34.6 Å². The van der Waals surface area contributed by atoms with Gasteiger partial charge >= 0.3 is 5.97 Å². The van der Waals surface area contributed by atoms with Gasteiger partial charge in [0.05, 0.1) is 24.3 Å².